The summed E-state index contributed by atoms with van der Waals surface area (Å²) in [6, 6.07) is 57.7. The van der Waals surface area contributed by atoms with E-state index in [1.54, 1.807) is 0 Å². The van der Waals surface area contributed by atoms with Gasteiger partial charge in [0.15, 0.2) is 0 Å². The van der Waals surface area contributed by atoms with Crippen molar-refractivity contribution in [3.8, 4) is 22.6 Å². The lowest BCUT2D eigenvalue weighted by molar-refractivity contribution is 1.13. The first kappa shape index (κ1) is 23.7. The molecule has 8 aromatic carbocycles. The van der Waals surface area contributed by atoms with E-state index in [4.69, 9.17) is 0 Å². The molecule has 10 rings (SSSR count). The van der Waals surface area contributed by atoms with E-state index in [-0.39, 0.29) is 0 Å². The van der Waals surface area contributed by atoms with Crippen molar-refractivity contribution in [1.82, 2.24) is 9.13 Å². The third-order valence-electron chi connectivity index (χ3n) is 9.45. The van der Waals surface area contributed by atoms with Crippen LogP contribution in [0.3, 0.4) is 0 Å². The lowest BCUT2D eigenvalue weighted by Crippen LogP contribution is -1.98. The van der Waals surface area contributed by atoms with Crippen molar-refractivity contribution in [2.75, 3.05) is 0 Å². The fourth-order valence-corrected chi connectivity index (χ4v) is 7.58. The molecular weight excluding hydrogens is 532 g/mol. The summed E-state index contributed by atoms with van der Waals surface area (Å²) in [4.78, 5) is 0. The van der Waals surface area contributed by atoms with Gasteiger partial charge in [-0.25, -0.2) is 0 Å². The molecule has 0 aliphatic heterocycles. The minimum absolute atomic E-state index is 1.16. The number of rotatable bonds is 3. The summed E-state index contributed by atoms with van der Waals surface area (Å²) < 4.78 is 4.93. The summed E-state index contributed by atoms with van der Waals surface area (Å²) in [7, 11) is 0. The van der Waals surface area contributed by atoms with E-state index >= 15 is 0 Å². The van der Waals surface area contributed by atoms with Crippen molar-refractivity contribution >= 4 is 65.0 Å². The largest absolute Gasteiger partial charge is 0.309 e. The first-order valence-electron chi connectivity index (χ1n) is 15.2. The molecular formula is C42H26N2. The van der Waals surface area contributed by atoms with Gasteiger partial charge in [-0.3, -0.25) is 0 Å². The van der Waals surface area contributed by atoms with E-state index in [0.717, 1.165) is 5.69 Å². The Labute approximate surface area is 254 Å². The highest BCUT2D eigenvalue weighted by atomic mass is 15.0. The SMILES string of the molecule is c1ccc(-c2cc3c(ccc4c5ccccc5n(-c5ccc6ccc7cccc8ccc5c6c78)c43)n2-c2ccccc2)cc1. The topological polar surface area (TPSA) is 9.86 Å². The molecule has 2 heterocycles. The van der Waals surface area contributed by atoms with Gasteiger partial charge in [0.2, 0.25) is 0 Å². The Morgan fingerprint density at radius 3 is 1.82 bits per heavy atom. The first-order valence-corrected chi connectivity index (χ1v) is 15.2. The number of hydrogen-bond acceptors (Lipinski definition) is 0. The Morgan fingerprint density at radius 1 is 0.364 bits per heavy atom. The highest BCUT2D eigenvalue weighted by molar-refractivity contribution is 6.26. The summed E-state index contributed by atoms with van der Waals surface area (Å²) in [5.41, 5.74) is 8.42. The van der Waals surface area contributed by atoms with Crippen LogP contribution < -0.4 is 0 Å². The molecule has 0 fully saturated rings. The molecule has 0 aliphatic rings. The van der Waals surface area contributed by atoms with Crippen molar-refractivity contribution < 1.29 is 0 Å². The van der Waals surface area contributed by atoms with E-state index in [9.17, 15) is 0 Å². The van der Waals surface area contributed by atoms with Crippen LogP contribution in [-0.4, -0.2) is 9.13 Å². The summed E-state index contributed by atoms with van der Waals surface area (Å²) in [5, 5.41) is 11.6. The zero-order valence-electron chi connectivity index (χ0n) is 23.9. The van der Waals surface area contributed by atoms with Gasteiger partial charge in [0.1, 0.15) is 0 Å². The van der Waals surface area contributed by atoms with Crippen LogP contribution in [0.15, 0.2) is 158 Å². The molecule has 0 bridgehead atoms. The molecule has 44 heavy (non-hydrogen) atoms. The van der Waals surface area contributed by atoms with Gasteiger partial charge < -0.3 is 9.13 Å². The molecule has 0 amide bonds. The smallest absolute Gasteiger partial charge is 0.0635 e. The summed E-state index contributed by atoms with van der Waals surface area (Å²) in [6.07, 6.45) is 0. The number of fused-ring (bicyclic) bond motifs is 5. The zero-order chi connectivity index (χ0) is 28.8. The van der Waals surface area contributed by atoms with Crippen LogP contribution in [-0.2, 0) is 0 Å². The molecule has 0 spiro atoms. The van der Waals surface area contributed by atoms with Gasteiger partial charge in [0, 0.05) is 27.2 Å². The Bertz CT molecular complexity index is 2680. The number of aromatic nitrogens is 2. The van der Waals surface area contributed by atoms with Crippen LogP contribution in [0.4, 0.5) is 0 Å². The van der Waals surface area contributed by atoms with Crippen molar-refractivity contribution in [2.24, 2.45) is 0 Å². The fourth-order valence-electron chi connectivity index (χ4n) is 7.58. The molecule has 0 saturated heterocycles. The average molecular weight is 559 g/mol. The van der Waals surface area contributed by atoms with Gasteiger partial charge in [0.25, 0.3) is 0 Å². The Kier molecular flexibility index (Phi) is 4.75. The molecule has 2 aromatic heterocycles. The normalized spacial score (nSPS) is 12.1. The van der Waals surface area contributed by atoms with E-state index in [0.29, 0.717) is 0 Å². The molecule has 0 N–H and O–H groups in total. The van der Waals surface area contributed by atoms with Crippen molar-refractivity contribution in [3.63, 3.8) is 0 Å². The van der Waals surface area contributed by atoms with Gasteiger partial charge in [0.05, 0.1) is 27.9 Å². The molecule has 2 heteroatoms. The number of nitrogens with zero attached hydrogens (tertiary/aromatic N) is 2. The maximum Gasteiger partial charge on any atom is 0.0635 e. The molecule has 0 saturated carbocycles. The summed E-state index contributed by atoms with van der Waals surface area (Å²) in [5.74, 6) is 0. The van der Waals surface area contributed by atoms with Gasteiger partial charge in [-0.1, -0.05) is 121 Å². The monoisotopic (exact) mass is 558 g/mol. The minimum atomic E-state index is 1.16. The average Bonchev–Trinajstić information content (AvgIpc) is 3.64. The molecule has 10 aromatic rings. The van der Waals surface area contributed by atoms with Crippen LogP contribution in [0.5, 0.6) is 0 Å². The Morgan fingerprint density at radius 2 is 1.00 bits per heavy atom. The van der Waals surface area contributed by atoms with Crippen LogP contribution in [0.2, 0.25) is 0 Å². The fraction of sp³-hybridized carbons (Fsp3) is 0. The lowest BCUT2D eigenvalue weighted by atomic mass is 9.93. The second-order valence-electron chi connectivity index (χ2n) is 11.8. The second kappa shape index (κ2) is 8.82. The van der Waals surface area contributed by atoms with Gasteiger partial charge in [-0.15, -0.1) is 0 Å². The van der Waals surface area contributed by atoms with Gasteiger partial charge in [-0.05, 0) is 68.9 Å². The lowest BCUT2D eigenvalue weighted by Gasteiger charge is -2.16. The van der Waals surface area contributed by atoms with E-state index in [1.165, 1.54) is 82.0 Å². The predicted molar refractivity (Wildman–Crippen MR) is 187 cm³/mol. The number of benzene rings is 8. The van der Waals surface area contributed by atoms with Crippen LogP contribution in [0.1, 0.15) is 0 Å². The third kappa shape index (κ3) is 3.14. The molecule has 2 nitrogen and oxygen atoms in total. The van der Waals surface area contributed by atoms with Crippen molar-refractivity contribution in [3.05, 3.63) is 158 Å². The van der Waals surface area contributed by atoms with Crippen molar-refractivity contribution in [1.29, 1.82) is 0 Å². The van der Waals surface area contributed by atoms with E-state index in [2.05, 4.69) is 167 Å². The molecule has 0 radical (unpaired) electrons. The number of para-hydroxylation sites is 2. The first-order chi connectivity index (χ1) is 21.8. The minimum Gasteiger partial charge on any atom is -0.309 e. The van der Waals surface area contributed by atoms with Gasteiger partial charge >= 0.3 is 0 Å². The number of hydrogen-bond donors (Lipinski definition) is 0. The highest BCUT2D eigenvalue weighted by Gasteiger charge is 2.21. The van der Waals surface area contributed by atoms with Crippen molar-refractivity contribution in [2.45, 2.75) is 0 Å². The molecule has 204 valence electrons. The van der Waals surface area contributed by atoms with E-state index in [1.807, 2.05) is 0 Å². The third-order valence-corrected chi connectivity index (χ3v) is 9.45. The quantitative estimate of drug-likeness (QED) is 0.191. The highest BCUT2D eigenvalue weighted by Crippen LogP contribution is 2.43. The molecule has 0 atom stereocenters. The van der Waals surface area contributed by atoms with Crippen LogP contribution in [0.25, 0.3) is 87.7 Å². The Balaban J connectivity index is 1.40. The zero-order valence-corrected chi connectivity index (χ0v) is 23.9. The second-order valence-corrected chi connectivity index (χ2v) is 11.8. The summed E-state index contributed by atoms with van der Waals surface area (Å²) in [6.45, 7) is 0. The van der Waals surface area contributed by atoms with Crippen LogP contribution >= 0.6 is 0 Å². The van der Waals surface area contributed by atoms with Gasteiger partial charge in [-0.2, -0.15) is 0 Å². The Hall–Kier alpha value is -5.86. The van der Waals surface area contributed by atoms with Crippen LogP contribution in [0, 0.1) is 0 Å². The molecule has 0 aliphatic carbocycles. The maximum absolute atomic E-state index is 2.52. The predicted octanol–water partition coefficient (Wildman–Crippen LogP) is 11.3. The van der Waals surface area contributed by atoms with E-state index < -0.39 is 0 Å². The molecule has 0 unspecified atom stereocenters. The standard InChI is InChI=1S/C42H26N2/c1-3-10-27(11-4-1)39-26-35-38(43(39)31-14-5-2-6-15-31)25-23-33-32-16-7-8-17-36(32)44(42(33)35)37-24-21-30-19-18-28-12-9-13-29-20-22-34(37)41(30)40(28)29/h1-26H. The summed E-state index contributed by atoms with van der Waals surface area (Å²) >= 11 is 0. The maximum atomic E-state index is 2.52.